The maximum absolute atomic E-state index is 4.35. The van der Waals surface area contributed by atoms with Crippen LogP contribution in [0, 0.1) is 5.92 Å². The first-order valence-electron chi connectivity index (χ1n) is 7.08. The Morgan fingerprint density at radius 1 is 1.26 bits per heavy atom. The van der Waals surface area contributed by atoms with E-state index in [0.29, 0.717) is 0 Å². The van der Waals surface area contributed by atoms with Gasteiger partial charge in [0.15, 0.2) is 0 Å². The van der Waals surface area contributed by atoms with Crippen molar-refractivity contribution in [3.8, 4) is 0 Å². The molecular formula is C15H20N4. The third kappa shape index (κ3) is 3.01. The lowest BCUT2D eigenvalue weighted by atomic mass is 9.96. The molecule has 0 bridgehead atoms. The molecular weight excluding hydrogens is 236 g/mol. The van der Waals surface area contributed by atoms with Crippen molar-refractivity contribution in [1.82, 2.24) is 15.3 Å². The molecule has 2 heterocycles. The van der Waals surface area contributed by atoms with Crippen molar-refractivity contribution in [3.05, 3.63) is 30.6 Å². The predicted molar refractivity (Wildman–Crippen MR) is 78.2 cm³/mol. The number of hydrogen-bond acceptors (Lipinski definition) is 4. The second kappa shape index (κ2) is 5.97. The summed E-state index contributed by atoms with van der Waals surface area (Å²) in [5.74, 6) is 1.75. The molecule has 0 aliphatic carbocycles. The summed E-state index contributed by atoms with van der Waals surface area (Å²) >= 11 is 0. The fourth-order valence-corrected chi connectivity index (χ4v) is 2.71. The highest BCUT2D eigenvalue weighted by molar-refractivity contribution is 5.88. The van der Waals surface area contributed by atoms with Crippen molar-refractivity contribution in [1.29, 1.82) is 0 Å². The van der Waals surface area contributed by atoms with Gasteiger partial charge in [-0.2, -0.15) is 0 Å². The van der Waals surface area contributed by atoms with Gasteiger partial charge in [0.05, 0.1) is 5.52 Å². The van der Waals surface area contributed by atoms with Gasteiger partial charge in [-0.15, -0.1) is 0 Å². The highest BCUT2D eigenvalue weighted by atomic mass is 15.0. The van der Waals surface area contributed by atoms with Crippen LogP contribution in [0.3, 0.4) is 0 Å². The summed E-state index contributed by atoms with van der Waals surface area (Å²) in [5, 5.41) is 8.02. The van der Waals surface area contributed by atoms with Crippen LogP contribution in [0.15, 0.2) is 30.6 Å². The van der Waals surface area contributed by atoms with Crippen LogP contribution >= 0.6 is 0 Å². The normalized spacial score (nSPS) is 19.5. The van der Waals surface area contributed by atoms with Gasteiger partial charge in [-0.1, -0.05) is 12.1 Å². The van der Waals surface area contributed by atoms with Crippen LogP contribution in [0.4, 0.5) is 5.82 Å². The summed E-state index contributed by atoms with van der Waals surface area (Å²) in [6.45, 7) is 3.32. The van der Waals surface area contributed by atoms with Gasteiger partial charge >= 0.3 is 0 Å². The Morgan fingerprint density at radius 2 is 2.21 bits per heavy atom. The average Bonchev–Trinajstić information content (AvgIpc) is 2.49. The van der Waals surface area contributed by atoms with Crippen molar-refractivity contribution in [2.75, 3.05) is 25.0 Å². The summed E-state index contributed by atoms with van der Waals surface area (Å²) in [5.41, 5.74) is 0.999. The molecule has 100 valence electrons. The fraction of sp³-hybridized carbons (Fsp3) is 0.467. The van der Waals surface area contributed by atoms with Crippen LogP contribution in [0.2, 0.25) is 0 Å². The van der Waals surface area contributed by atoms with Crippen LogP contribution in [-0.4, -0.2) is 29.6 Å². The number of benzene rings is 1. The standard InChI is InChI=1S/C15H20N4/c1-2-6-14-13(5-1)15(19-11-18-14)17-9-7-12-4-3-8-16-10-12/h1-2,5-6,11-12,16H,3-4,7-10H2,(H,17,18,19). The molecule has 19 heavy (non-hydrogen) atoms. The fourth-order valence-electron chi connectivity index (χ4n) is 2.71. The number of hydrogen-bond donors (Lipinski definition) is 2. The molecule has 1 unspecified atom stereocenters. The predicted octanol–water partition coefficient (Wildman–Crippen LogP) is 2.43. The van der Waals surface area contributed by atoms with Crippen molar-refractivity contribution in [3.63, 3.8) is 0 Å². The summed E-state index contributed by atoms with van der Waals surface area (Å²) in [6, 6.07) is 8.13. The van der Waals surface area contributed by atoms with Gasteiger partial charge in [0, 0.05) is 11.9 Å². The molecule has 0 amide bonds. The molecule has 1 atom stereocenters. The maximum atomic E-state index is 4.35. The number of para-hydroxylation sites is 1. The molecule has 3 rings (SSSR count). The lowest BCUT2D eigenvalue weighted by Gasteiger charge is -2.22. The molecule has 0 radical (unpaired) electrons. The Balaban J connectivity index is 1.62. The molecule has 0 saturated carbocycles. The molecule has 4 heteroatoms. The topological polar surface area (TPSA) is 49.8 Å². The zero-order valence-electron chi connectivity index (χ0n) is 11.1. The van der Waals surface area contributed by atoms with Crippen LogP contribution in [-0.2, 0) is 0 Å². The van der Waals surface area contributed by atoms with Gasteiger partial charge in [-0.3, -0.25) is 0 Å². The largest absolute Gasteiger partial charge is 0.369 e. The quantitative estimate of drug-likeness (QED) is 0.882. The van der Waals surface area contributed by atoms with E-state index in [1.807, 2.05) is 18.2 Å². The molecule has 1 aromatic heterocycles. The highest BCUT2D eigenvalue weighted by Crippen LogP contribution is 2.19. The van der Waals surface area contributed by atoms with E-state index in [1.165, 1.54) is 25.8 Å². The van der Waals surface area contributed by atoms with Crippen LogP contribution in [0.25, 0.3) is 10.9 Å². The van der Waals surface area contributed by atoms with E-state index in [0.717, 1.165) is 35.7 Å². The first kappa shape index (κ1) is 12.4. The third-order valence-corrected chi connectivity index (χ3v) is 3.79. The van der Waals surface area contributed by atoms with E-state index < -0.39 is 0 Å². The summed E-state index contributed by atoms with van der Waals surface area (Å²) < 4.78 is 0. The van der Waals surface area contributed by atoms with Gasteiger partial charge in [-0.05, 0) is 50.4 Å². The van der Waals surface area contributed by atoms with E-state index in [4.69, 9.17) is 0 Å². The highest BCUT2D eigenvalue weighted by Gasteiger charge is 2.12. The van der Waals surface area contributed by atoms with Crippen molar-refractivity contribution in [2.45, 2.75) is 19.3 Å². The number of nitrogens with zero attached hydrogens (tertiary/aromatic N) is 2. The zero-order chi connectivity index (χ0) is 12.9. The second-order valence-electron chi connectivity index (χ2n) is 5.17. The molecule has 1 saturated heterocycles. The SMILES string of the molecule is c1ccc2c(NCCC3CCCNC3)ncnc2c1. The van der Waals surface area contributed by atoms with Crippen molar-refractivity contribution >= 4 is 16.7 Å². The number of piperidine rings is 1. The van der Waals surface area contributed by atoms with Crippen LogP contribution < -0.4 is 10.6 Å². The summed E-state index contributed by atoms with van der Waals surface area (Å²) in [7, 11) is 0. The Bertz CT molecular complexity index is 529. The van der Waals surface area contributed by atoms with Crippen molar-refractivity contribution < 1.29 is 0 Å². The summed E-state index contributed by atoms with van der Waals surface area (Å²) in [4.78, 5) is 8.63. The Hall–Kier alpha value is -1.68. The van der Waals surface area contributed by atoms with E-state index >= 15 is 0 Å². The molecule has 2 N–H and O–H groups in total. The summed E-state index contributed by atoms with van der Waals surface area (Å²) in [6.07, 6.45) is 5.48. The monoisotopic (exact) mass is 256 g/mol. The first-order chi connectivity index (χ1) is 9.43. The van der Waals surface area contributed by atoms with Gasteiger partial charge in [0.2, 0.25) is 0 Å². The number of rotatable bonds is 4. The first-order valence-corrected chi connectivity index (χ1v) is 7.08. The van der Waals surface area contributed by atoms with Gasteiger partial charge in [0.1, 0.15) is 12.1 Å². The minimum Gasteiger partial charge on any atom is -0.369 e. The second-order valence-corrected chi connectivity index (χ2v) is 5.17. The number of fused-ring (bicyclic) bond motifs is 1. The molecule has 2 aromatic rings. The Morgan fingerprint density at radius 3 is 3.11 bits per heavy atom. The lowest BCUT2D eigenvalue weighted by Crippen LogP contribution is -2.30. The number of aromatic nitrogens is 2. The Labute approximate surface area is 113 Å². The number of nitrogens with one attached hydrogen (secondary N) is 2. The van der Waals surface area contributed by atoms with Gasteiger partial charge < -0.3 is 10.6 Å². The van der Waals surface area contributed by atoms with Crippen LogP contribution in [0.5, 0.6) is 0 Å². The minimum absolute atomic E-state index is 0.800. The van der Waals surface area contributed by atoms with Gasteiger partial charge in [0.25, 0.3) is 0 Å². The van der Waals surface area contributed by atoms with E-state index in [2.05, 4.69) is 26.7 Å². The molecule has 1 aliphatic heterocycles. The van der Waals surface area contributed by atoms with Crippen molar-refractivity contribution in [2.24, 2.45) is 5.92 Å². The molecule has 1 aliphatic rings. The van der Waals surface area contributed by atoms with Crippen LogP contribution in [0.1, 0.15) is 19.3 Å². The molecule has 4 nitrogen and oxygen atoms in total. The Kier molecular flexibility index (Phi) is 3.89. The van der Waals surface area contributed by atoms with E-state index in [9.17, 15) is 0 Å². The van der Waals surface area contributed by atoms with Gasteiger partial charge in [-0.25, -0.2) is 9.97 Å². The maximum Gasteiger partial charge on any atom is 0.137 e. The average molecular weight is 256 g/mol. The zero-order valence-corrected chi connectivity index (χ0v) is 11.1. The van der Waals surface area contributed by atoms with E-state index in [-0.39, 0.29) is 0 Å². The molecule has 1 fully saturated rings. The lowest BCUT2D eigenvalue weighted by molar-refractivity contribution is 0.364. The third-order valence-electron chi connectivity index (χ3n) is 3.79. The van der Waals surface area contributed by atoms with E-state index in [1.54, 1.807) is 6.33 Å². The number of anilines is 1. The molecule has 1 aromatic carbocycles. The molecule has 0 spiro atoms. The minimum atomic E-state index is 0.800. The smallest absolute Gasteiger partial charge is 0.137 e.